The molecular weight excluding hydrogens is 300 g/mol. The summed E-state index contributed by atoms with van der Waals surface area (Å²) >= 11 is 0. The molecule has 23 heavy (non-hydrogen) atoms. The zero-order chi connectivity index (χ0) is 16.6. The third-order valence-electron chi connectivity index (χ3n) is 4.04. The van der Waals surface area contributed by atoms with Crippen LogP contribution in [0.3, 0.4) is 0 Å². The topological polar surface area (TPSA) is 110 Å². The van der Waals surface area contributed by atoms with Crippen molar-refractivity contribution in [1.82, 2.24) is 24.9 Å². The van der Waals surface area contributed by atoms with Crippen molar-refractivity contribution < 1.29 is 9.72 Å². The third kappa shape index (κ3) is 2.94. The van der Waals surface area contributed by atoms with Crippen LogP contribution in [0.2, 0.25) is 0 Å². The van der Waals surface area contributed by atoms with E-state index in [1.165, 1.54) is 12.4 Å². The molecule has 3 rings (SSSR count). The Kier molecular flexibility index (Phi) is 3.85. The monoisotopic (exact) mass is 318 g/mol. The minimum absolute atomic E-state index is 0.0371. The van der Waals surface area contributed by atoms with Gasteiger partial charge in [0.1, 0.15) is 18.1 Å². The Hall–Kier alpha value is -2.71. The Morgan fingerprint density at radius 1 is 1.52 bits per heavy atom. The van der Waals surface area contributed by atoms with Gasteiger partial charge in [0.15, 0.2) is 0 Å². The molecule has 1 amide bonds. The SMILES string of the molecule is CC(C)c1cc(C(=O)N2CCC(n3cc([N+](=O)[O-])cn3)C2)[nH]n1. The number of likely N-dealkylation sites (tertiary alicyclic amines) is 1. The van der Waals surface area contributed by atoms with Gasteiger partial charge in [0, 0.05) is 13.1 Å². The Labute approximate surface area is 132 Å². The molecule has 0 aromatic carbocycles. The second-order valence-electron chi connectivity index (χ2n) is 5.99. The molecule has 0 bridgehead atoms. The molecule has 1 aliphatic rings. The van der Waals surface area contributed by atoms with Crippen LogP contribution in [0.15, 0.2) is 18.5 Å². The van der Waals surface area contributed by atoms with Crippen LogP contribution < -0.4 is 0 Å². The van der Waals surface area contributed by atoms with E-state index < -0.39 is 4.92 Å². The first-order valence-electron chi connectivity index (χ1n) is 7.49. The normalized spacial score (nSPS) is 17.9. The average molecular weight is 318 g/mol. The van der Waals surface area contributed by atoms with Gasteiger partial charge in [-0.05, 0) is 18.4 Å². The molecule has 2 aromatic rings. The quantitative estimate of drug-likeness (QED) is 0.682. The van der Waals surface area contributed by atoms with E-state index in [-0.39, 0.29) is 23.6 Å². The summed E-state index contributed by atoms with van der Waals surface area (Å²) in [5.74, 6) is 0.150. The van der Waals surface area contributed by atoms with Crippen LogP contribution in [0.1, 0.15) is 48.4 Å². The second-order valence-corrected chi connectivity index (χ2v) is 5.99. The van der Waals surface area contributed by atoms with Crippen molar-refractivity contribution >= 4 is 11.6 Å². The molecule has 0 saturated carbocycles. The molecular formula is C14H18N6O3. The predicted molar refractivity (Wildman–Crippen MR) is 81.1 cm³/mol. The lowest BCUT2D eigenvalue weighted by molar-refractivity contribution is -0.385. The fraction of sp³-hybridized carbons (Fsp3) is 0.500. The number of nitro groups is 1. The fourth-order valence-electron chi connectivity index (χ4n) is 2.68. The Balaban J connectivity index is 1.68. The lowest BCUT2D eigenvalue weighted by Crippen LogP contribution is -2.29. The third-order valence-corrected chi connectivity index (χ3v) is 4.04. The van der Waals surface area contributed by atoms with Gasteiger partial charge in [-0.2, -0.15) is 10.2 Å². The minimum Gasteiger partial charge on any atom is -0.335 e. The van der Waals surface area contributed by atoms with Gasteiger partial charge in [-0.1, -0.05) is 13.8 Å². The summed E-state index contributed by atoms with van der Waals surface area (Å²) in [5.41, 5.74) is 1.29. The predicted octanol–water partition coefficient (Wildman–Crippen LogP) is 1.72. The van der Waals surface area contributed by atoms with Gasteiger partial charge in [0.25, 0.3) is 5.91 Å². The number of nitrogens with one attached hydrogen (secondary N) is 1. The van der Waals surface area contributed by atoms with E-state index >= 15 is 0 Å². The number of amides is 1. The van der Waals surface area contributed by atoms with Gasteiger partial charge < -0.3 is 4.90 Å². The van der Waals surface area contributed by atoms with Crippen molar-refractivity contribution in [3.63, 3.8) is 0 Å². The number of nitrogens with zero attached hydrogens (tertiary/aromatic N) is 5. The van der Waals surface area contributed by atoms with E-state index in [1.807, 2.05) is 13.8 Å². The number of carbonyl (C=O) groups excluding carboxylic acids is 1. The van der Waals surface area contributed by atoms with E-state index in [1.54, 1.807) is 15.6 Å². The molecule has 9 heteroatoms. The molecule has 1 N–H and O–H groups in total. The summed E-state index contributed by atoms with van der Waals surface area (Å²) < 4.78 is 1.57. The number of aromatic nitrogens is 4. The van der Waals surface area contributed by atoms with Gasteiger partial charge in [0.05, 0.1) is 16.7 Å². The lowest BCUT2D eigenvalue weighted by atomic mass is 10.1. The van der Waals surface area contributed by atoms with Crippen LogP contribution in [0.25, 0.3) is 0 Å². The molecule has 1 fully saturated rings. The molecule has 0 radical (unpaired) electrons. The number of hydrogen-bond donors (Lipinski definition) is 1. The van der Waals surface area contributed by atoms with Crippen molar-refractivity contribution in [3.05, 3.63) is 40.0 Å². The van der Waals surface area contributed by atoms with Gasteiger partial charge >= 0.3 is 5.69 Å². The zero-order valence-electron chi connectivity index (χ0n) is 13.0. The van der Waals surface area contributed by atoms with Crippen LogP contribution in [0.4, 0.5) is 5.69 Å². The van der Waals surface area contributed by atoms with Crippen molar-refractivity contribution in [3.8, 4) is 0 Å². The second kappa shape index (κ2) is 5.82. The number of aromatic amines is 1. The lowest BCUT2D eigenvalue weighted by Gasteiger charge is -2.15. The fourth-order valence-corrected chi connectivity index (χ4v) is 2.68. The van der Waals surface area contributed by atoms with Crippen molar-refractivity contribution in [2.45, 2.75) is 32.2 Å². The number of hydrogen-bond acceptors (Lipinski definition) is 5. The average Bonchev–Trinajstić information content (AvgIpc) is 3.24. The Morgan fingerprint density at radius 2 is 2.30 bits per heavy atom. The van der Waals surface area contributed by atoms with Crippen LogP contribution in [0, 0.1) is 10.1 Å². The Bertz CT molecular complexity index is 734. The Morgan fingerprint density at radius 3 is 2.91 bits per heavy atom. The highest BCUT2D eigenvalue weighted by atomic mass is 16.6. The first kappa shape index (κ1) is 15.2. The van der Waals surface area contributed by atoms with E-state index in [4.69, 9.17) is 0 Å². The highest BCUT2D eigenvalue weighted by molar-refractivity contribution is 5.92. The molecule has 1 aliphatic heterocycles. The number of rotatable bonds is 4. The van der Waals surface area contributed by atoms with Crippen LogP contribution in [-0.4, -0.2) is 48.8 Å². The summed E-state index contributed by atoms with van der Waals surface area (Å²) in [5, 5.41) is 21.7. The maximum Gasteiger partial charge on any atom is 0.307 e. The molecule has 0 aliphatic carbocycles. The van der Waals surface area contributed by atoms with Gasteiger partial charge in [0.2, 0.25) is 0 Å². The van der Waals surface area contributed by atoms with E-state index in [0.29, 0.717) is 18.8 Å². The summed E-state index contributed by atoms with van der Waals surface area (Å²) in [6, 6.07) is 1.74. The first-order chi connectivity index (χ1) is 11.0. The summed E-state index contributed by atoms with van der Waals surface area (Å²) in [6.45, 7) is 5.10. The van der Waals surface area contributed by atoms with E-state index in [9.17, 15) is 14.9 Å². The van der Waals surface area contributed by atoms with E-state index in [2.05, 4.69) is 15.3 Å². The first-order valence-corrected chi connectivity index (χ1v) is 7.49. The van der Waals surface area contributed by atoms with E-state index in [0.717, 1.165) is 12.1 Å². The summed E-state index contributed by atoms with van der Waals surface area (Å²) in [7, 11) is 0. The molecule has 1 saturated heterocycles. The van der Waals surface area contributed by atoms with Gasteiger partial charge in [-0.3, -0.25) is 24.7 Å². The molecule has 1 atom stereocenters. The molecule has 9 nitrogen and oxygen atoms in total. The molecule has 122 valence electrons. The van der Waals surface area contributed by atoms with Gasteiger partial charge in [-0.15, -0.1) is 0 Å². The molecule has 0 spiro atoms. The maximum absolute atomic E-state index is 12.5. The number of carbonyl (C=O) groups is 1. The van der Waals surface area contributed by atoms with Crippen molar-refractivity contribution in [2.24, 2.45) is 0 Å². The van der Waals surface area contributed by atoms with Crippen molar-refractivity contribution in [2.75, 3.05) is 13.1 Å². The van der Waals surface area contributed by atoms with Crippen LogP contribution in [-0.2, 0) is 0 Å². The zero-order valence-corrected chi connectivity index (χ0v) is 13.0. The smallest absolute Gasteiger partial charge is 0.307 e. The largest absolute Gasteiger partial charge is 0.335 e. The van der Waals surface area contributed by atoms with Gasteiger partial charge in [-0.25, -0.2) is 0 Å². The highest BCUT2D eigenvalue weighted by Gasteiger charge is 2.30. The summed E-state index contributed by atoms with van der Waals surface area (Å²) in [4.78, 5) is 24.5. The van der Waals surface area contributed by atoms with Crippen LogP contribution >= 0.6 is 0 Å². The summed E-state index contributed by atoms with van der Waals surface area (Å²) in [6.07, 6.45) is 3.36. The van der Waals surface area contributed by atoms with Crippen LogP contribution in [0.5, 0.6) is 0 Å². The van der Waals surface area contributed by atoms with Crippen molar-refractivity contribution in [1.29, 1.82) is 0 Å². The maximum atomic E-state index is 12.5. The number of H-pyrrole nitrogens is 1. The highest BCUT2D eigenvalue weighted by Crippen LogP contribution is 2.24. The molecule has 2 aromatic heterocycles. The standard InChI is InChI=1S/C14H18N6O3/c1-9(2)12-5-13(17-16-12)14(21)18-4-3-10(7-18)19-8-11(6-15-19)20(22)23/h5-6,8-10H,3-4,7H2,1-2H3,(H,16,17). The molecule has 1 unspecified atom stereocenters. The minimum atomic E-state index is -0.473. The molecule has 3 heterocycles.